The van der Waals surface area contributed by atoms with Gasteiger partial charge >= 0.3 is 0 Å². The van der Waals surface area contributed by atoms with E-state index in [-0.39, 0.29) is 11.8 Å². The van der Waals surface area contributed by atoms with Gasteiger partial charge in [0.2, 0.25) is 5.95 Å². The van der Waals surface area contributed by atoms with E-state index < -0.39 is 0 Å². The molecule has 0 saturated carbocycles. The molecule has 5 rings (SSSR count). The highest BCUT2D eigenvalue weighted by molar-refractivity contribution is 6.21. The molecule has 1 aromatic heterocycles. The van der Waals surface area contributed by atoms with Crippen molar-refractivity contribution in [3.63, 3.8) is 0 Å². The summed E-state index contributed by atoms with van der Waals surface area (Å²) in [6.45, 7) is 4.41. The van der Waals surface area contributed by atoms with E-state index in [9.17, 15) is 9.59 Å². The van der Waals surface area contributed by atoms with Gasteiger partial charge in [-0.2, -0.15) is 0 Å². The first-order valence-electron chi connectivity index (χ1n) is 10.8. The highest BCUT2D eigenvalue weighted by atomic mass is 16.5. The number of carbonyl (C=O) groups is 2. The molecule has 32 heavy (non-hydrogen) atoms. The Balaban J connectivity index is 1.20. The van der Waals surface area contributed by atoms with Crippen LogP contribution in [0.4, 0.5) is 5.95 Å². The van der Waals surface area contributed by atoms with E-state index in [1.54, 1.807) is 31.4 Å². The number of imidazole rings is 1. The van der Waals surface area contributed by atoms with Crippen LogP contribution < -0.4 is 9.64 Å². The van der Waals surface area contributed by atoms with Crippen LogP contribution in [0.2, 0.25) is 0 Å². The van der Waals surface area contributed by atoms with E-state index in [1.165, 1.54) is 4.90 Å². The van der Waals surface area contributed by atoms with Crippen molar-refractivity contribution in [2.45, 2.75) is 0 Å². The van der Waals surface area contributed by atoms with E-state index >= 15 is 0 Å². The number of piperazine rings is 1. The number of nitrogens with zero attached hydrogens (tertiary/aromatic N) is 5. The maximum Gasteiger partial charge on any atom is 0.261 e. The number of amides is 2. The van der Waals surface area contributed by atoms with Crippen LogP contribution in [0.5, 0.6) is 5.75 Å². The summed E-state index contributed by atoms with van der Waals surface area (Å²) in [4.78, 5) is 35.6. The first kappa shape index (κ1) is 20.3. The molecule has 8 heteroatoms. The molecular formula is C24H25N5O3. The predicted molar refractivity (Wildman–Crippen MR) is 121 cm³/mol. The number of aromatic nitrogens is 2. The summed E-state index contributed by atoms with van der Waals surface area (Å²) in [5, 5.41) is 0. The molecule has 8 nitrogen and oxygen atoms in total. The Morgan fingerprint density at radius 3 is 2.31 bits per heavy atom. The third-order valence-electron chi connectivity index (χ3n) is 6.13. The lowest BCUT2D eigenvalue weighted by molar-refractivity contribution is 0.0635. The summed E-state index contributed by atoms with van der Waals surface area (Å²) in [6, 6.07) is 14.9. The topological polar surface area (TPSA) is 70.9 Å². The van der Waals surface area contributed by atoms with Gasteiger partial charge in [0.25, 0.3) is 11.8 Å². The number of imide groups is 1. The van der Waals surface area contributed by atoms with Crippen molar-refractivity contribution in [3.05, 3.63) is 72.1 Å². The quantitative estimate of drug-likeness (QED) is 0.558. The maximum atomic E-state index is 12.6. The number of hydrogen-bond acceptors (Lipinski definition) is 6. The van der Waals surface area contributed by atoms with Crippen LogP contribution in [-0.2, 0) is 0 Å². The third-order valence-corrected chi connectivity index (χ3v) is 6.13. The SMILES string of the molecule is COc1cccc(-n2ccnc2N2CCN(CCN3C(=O)c4ccccc4C3=O)CC2)c1. The van der Waals surface area contributed by atoms with Crippen molar-refractivity contribution in [3.8, 4) is 11.4 Å². The van der Waals surface area contributed by atoms with E-state index in [1.807, 2.05) is 36.7 Å². The number of fused-ring (bicyclic) bond motifs is 1. The molecule has 2 aliphatic rings. The van der Waals surface area contributed by atoms with Gasteiger partial charge < -0.3 is 9.64 Å². The zero-order chi connectivity index (χ0) is 22.1. The molecule has 0 atom stereocenters. The Morgan fingerprint density at radius 1 is 0.906 bits per heavy atom. The summed E-state index contributed by atoms with van der Waals surface area (Å²) in [7, 11) is 1.66. The minimum atomic E-state index is -0.190. The van der Waals surface area contributed by atoms with Gasteiger partial charge in [0, 0.05) is 57.7 Å². The second-order valence-electron chi connectivity index (χ2n) is 7.93. The van der Waals surface area contributed by atoms with Gasteiger partial charge in [-0.15, -0.1) is 0 Å². The van der Waals surface area contributed by atoms with Crippen LogP contribution in [0.3, 0.4) is 0 Å². The molecule has 0 spiro atoms. The van der Waals surface area contributed by atoms with Gasteiger partial charge in [0.1, 0.15) is 5.75 Å². The molecule has 1 fully saturated rings. The molecule has 2 aromatic carbocycles. The van der Waals surface area contributed by atoms with E-state index in [0.717, 1.165) is 43.6 Å². The minimum Gasteiger partial charge on any atom is -0.497 e. The standard InChI is InChI=1S/C24H25N5O3/c1-32-19-6-4-5-18(17-19)28-10-9-25-24(28)27-14-11-26(12-15-27)13-16-29-22(30)20-7-2-3-8-21(20)23(29)31/h2-10,17H,11-16H2,1H3. The second kappa shape index (κ2) is 8.47. The zero-order valence-electron chi connectivity index (χ0n) is 18.0. The molecule has 1 saturated heterocycles. The lowest BCUT2D eigenvalue weighted by Gasteiger charge is -2.36. The monoisotopic (exact) mass is 431 g/mol. The Bertz CT molecular complexity index is 1110. The van der Waals surface area contributed by atoms with Gasteiger partial charge in [0.15, 0.2) is 0 Å². The third kappa shape index (κ3) is 3.62. The van der Waals surface area contributed by atoms with E-state index in [4.69, 9.17) is 4.74 Å². The molecule has 0 N–H and O–H groups in total. The highest BCUT2D eigenvalue weighted by Gasteiger charge is 2.35. The van der Waals surface area contributed by atoms with Crippen molar-refractivity contribution in [2.24, 2.45) is 0 Å². The molecule has 0 radical (unpaired) electrons. The highest BCUT2D eigenvalue weighted by Crippen LogP contribution is 2.24. The first-order valence-corrected chi connectivity index (χ1v) is 10.8. The average molecular weight is 431 g/mol. The summed E-state index contributed by atoms with van der Waals surface area (Å²) < 4.78 is 7.42. The Hall–Kier alpha value is -3.65. The minimum absolute atomic E-state index is 0.190. The molecule has 2 amide bonds. The summed E-state index contributed by atoms with van der Waals surface area (Å²) in [6.07, 6.45) is 3.77. The van der Waals surface area contributed by atoms with Gasteiger partial charge in [-0.3, -0.25) is 24.0 Å². The molecule has 164 valence electrons. The predicted octanol–water partition coefficient (Wildman–Crippen LogP) is 2.30. The normalized spacial score (nSPS) is 16.5. The van der Waals surface area contributed by atoms with Crippen molar-refractivity contribution < 1.29 is 14.3 Å². The Kier molecular flexibility index (Phi) is 5.36. The lowest BCUT2D eigenvalue weighted by atomic mass is 10.1. The van der Waals surface area contributed by atoms with Crippen molar-refractivity contribution in [1.82, 2.24) is 19.4 Å². The largest absolute Gasteiger partial charge is 0.497 e. The average Bonchev–Trinajstić information content (AvgIpc) is 3.42. The lowest BCUT2D eigenvalue weighted by Crippen LogP contribution is -2.49. The number of methoxy groups -OCH3 is 1. The number of ether oxygens (including phenoxy) is 1. The molecule has 0 bridgehead atoms. The van der Waals surface area contributed by atoms with Gasteiger partial charge in [-0.1, -0.05) is 18.2 Å². The summed E-state index contributed by atoms with van der Waals surface area (Å²) in [5.74, 6) is 1.33. The van der Waals surface area contributed by atoms with Gasteiger partial charge in [0.05, 0.1) is 23.9 Å². The Labute approximate surface area is 186 Å². The molecule has 2 aliphatic heterocycles. The number of rotatable bonds is 6. The molecule has 0 unspecified atom stereocenters. The fourth-order valence-corrected chi connectivity index (χ4v) is 4.35. The van der Waals surface area contributed by atoms with Crippen LogP contribution in [-0.4, -0.2) is 77.5 Å². The Morgan fingerprint density at radius 2 is 1.62 bits per heavy atom. The maximum absolute atomic E-state index is 12.6. The van der Waals surface area contributed by atoms with Crippen LogP contribution in [0.25, 0.3) is 5.69 Å². The van der Waals surface area contributed by atoms with Crippen LogP contribution in [0, 0.1) is 0 Å². The van der Waals surface area contributed by atoms with Crippen LogP contribution in [0.15, 0.2) is 60.9 Å². The van der Waals surface area contributed by atoms with Gasteiger partial charge in [-0.25, -0.2) is 4.98 Å². The van der Waals surface area contributed by atoms with Crippen LogP contribution in [0.1, 0.15) is 20.7 Å². The van der Waals surface area contributed by atoms with Crippen molar-refractivity contribution in [2.75, 3.05) is 51.3 Å². The number of carbonyl (C=O) groups excluding carboxylic acids is 2. The number of anilines is 1. The fourth-order valence-electron chi connectivity index (χ4n) is 4.35. The number of hydrogen-bond donors (Lipinski definition) is 0. The van der Waals surface area contributed by atoms with E-state index in [0.29, 0.717) is 24.2 Å². The van der Waals surface area contributed by atoms with Crippen molar-refractivity contribution in [1.29, 1.82) is 0 Å². The number of benzene rings is 2. The summed E-state index contributed by atoms with van der Waals surface area (Å²) in [5.41, 5.74) is 2.02. The molecule has 3 heterocycles. The molecule has 3 aromatic rings. The zero-order valence-corrected chi connectivity index (χ0v) is 18.0. The van der Waals surface area contributed by atoms with Crippen molar-refractivity contribution >= 4 is 17.8 Å². The second-order valence-corrected chi connectivity index (χ2v) is 7.93. The smallest absolute Gasteiger partial charge is 0.261 e. The van der Waals surface area contributed by atoms with Gasteiger partial charge in [-0.05, 0) is 24.3 Å². The molecule has 0 aliphatic carbocycles. The first-order chi connectivity index (χ1) is 15.7. The van der Waals surface area contributed by atoms with E-state index in [2.05, 4.69) is 19.4 Å². The molecular weight excluding hydrogens is 406 g/mol. The van der Waals surface area contributed by atoms with Crippen LogP contribution >= 0.6 is 0 Å². The summed E-state index contributed by atoms with van der Waals surface area (Å²) >= 11 is 0. The fraction of sp³-hybridized carbons (Fsp3) is 0.292.